The number of fused-ring (bicyclic) bond motifs is 1. The van der Waals surface area contributed by atoms with E-state index in [2.05, 4.69) is 23.5 Å². The minimum atomic E-state index is 0.0691. The van der Waals surface area contributed by atoms with E-state index in [-0.39, 0.29) is 17.9 Å². The van der Waals surface area contributed by atoms with Crippen LogP contribution in [0.25, 0.3) is 0 Å². The van der Waals surface area contributed by atoms with Crippen LogP contribution >= 0.6 is 0 Å². The summed E-state index contributed by atoms with van der Waals surface area (Å²) in [5.41, 5.74) is 8.22. The number of carbonyl (C=O) groups excluding carboxylic acids is 1. The molecule has 0 aliphatic heterocycles. The summed E-state index contributed by atoms with van der Waals surface area (Å²) in [6, 6.07) is 8.46. The van der Waals surface area contributed by atoms with Crippen molar-refractivity contribution in [2.75, 3.05) is 6.54 Å². The first kappa shape index (κ1) is 12.1. The van der Waals surface area contributed by atoms with Crippen LogP contribution < -0.4 is 11.1 Å². The summed E-state index contributed by atoms with van der Waals surface area (Å²) in [7, 11) is 0. The molecule has 92 valence electrons. The zero-order valence-corrected chi connectivity index (χ0v) is 10.3. The van der Waals surface area contributed by atoms with Crippen LogP contribution in [-0.4, -0.2) is 18.5 Å². The molecular formula is C14H20N2O. The zero-order chi connectivity index (χ0) is 12.3. The Kier molecular flexibility index (Phi) is 3.79. The van der Waals surface area contributed by atoms with Crippen molar-refractivity contribution in [2.24, 2.45) is 11.7 Å². The number of hydrogen-bond donors (Lipinski definition) is 2. The largest absolute Gasteiger partial charge is 0.352 e. The third-order valence-corrected chi connectivity index (χ3v) is 3.46. The second-order valence-corrected chi connectivity index (χ2v) is 4.85. The maximum absolute atomic E-state index is 12.0. The quantitative estimate of drug-likeness (QED) is 0.824. The summed E-state index contributed by atoms with van der Waals surface area (Å²) in [6.07, 6.45) is 2.81. The predicted molar refractivity (Wildman–Crippen MR) is 68.6 cm³/mol. The van der Waals surface area contributed by atoms with Gasteiger partial charge in [-0.05, 0) is 37.3 Å². The van der Waals surface area contributed by atoms with E-state index in [1.807, 2.05) is 13.0 Å². The van der Waals surface area contributed by atoms with Gasteiger partial charge in [0.2, 0.25) is 5.91 Å². The summed E-state index contributed by atoms with van der Waals surface area (Å²) in [5.74, 6) is 0.261. The Labute approximate surface area is 102 Å². The first-order chi connectivity index (χ1) is 8.20. The Balaban J connectivity index is 2.00. The van der Waals surface area contributed by atoms with Gasteiger partial charge in [0.1, 0.15) is 0 Å². The van der Waals surface area contributed by atoms with Gasteiger partial charge in [-0.25, -0.2) is 0 Å². The molecule has 3 nitrogen and oxygen atoms in total. The van der Waals surface area contributed by atoms with Crippen molar-refractivity contribution in [1.82, 2.24) is 5.32 Å². The normalized spacial score (nSPS) is 20.5. The van der Waals surface area contributed by atoms with E-state index in [1.165, 1.54) is 11.1 Å². The Bertz CT molecular complexity index is 403. The number of nitrogens with two attached hydrogens (primary N) is 1. The lowest BCUT2D eigenvalue weighted by Gasteiger charge is -2.25. The van der Waals surface area contributed by atoms with Gasteiger partial charge in [-0.15, -0.1) is 0 Å². The summed E-state index contributed by atoms with van der Waals surface area (Å²) in [4.78, 5) is 12.0. The standard InChI is InChI=1S/C14H20N2O/c1-10(9-15)16-14(17)13-7-6-11-4-2-3-5-12(11)8-13/h2-5,10,13H,6-9,15H2,1H3,(H,16,17). The van der Waals surface area contributed by atoms with Gasteiger partial charge in [0, 0.05) is 18.5 Å². The molecule has 0 saturated carbocycles. The fourth-order valence-corrected chi connectivity index (χ4v) is 2.34. The van der Waals surface area contributed by atoms with Gasteiger partial charge in [0.25, 0.3) is 0 Å². The molecule has 1 amide bonds. The highest BCUT2D eigenvalue weighted by atomic mass is 16.1. The van der Waals surface area contributed by atoms with Gasteiger partial charge in [-0.2, -0.15) is 0 Å². The van der Waals surface area contributed by atoms with Crippen LogP contribution in [0, 0.1) is 5.92 Å². The van der Waals surface area contributed by atoms with Crippen molar-refractivity contribution in [2.45, 2.75) is 32.2 Å². The Morgan fingerprint density at radius 2 is 2.18 bits per heavy atom. The van der Waals surface area contributed by atoms with Gasteiger partial charge in [-0.3, -0.25) is 4.79 Å². The molecule has 2 atom stereocenters. The molecular weight excluding hydrogens is 212 g/mol. The molecule has 3 N–H and O–H groups in total. The summed E-state index contributed by atoms with van der Waals surface area (Å²) in [5, 5.41) is 2.97. The number of nitrogens with one attached hydrogen (secondary N) is 1. The highest BCUT2D eigenvalue weighted by Gasteiger charge is 2.24. The van der Waals surface area contributed by atoms with Gasteiger partial charge >= 0.3 is 0 Å². The van der Waals surface area contributed by atoms with E-state index in [0.29, 0.717) is 6.54 Å². The first-order valence-electron chi connectivity index (χ1n) is 6.28. The minimum Gasteiger partial charge on any atom is -0.352 e. The topological polar surface area (TPSA) is 55.1 Å². The number of carbonyl (C=O) groups is 1. The summed E-state index contributed by atoms with van der Waals surface area (Å²) >= 11 is 0. The van der Waals surface area contributed by atoms with Crippen LogP contribution in [0.1, 0.15) is 24.5 Å². The van der Waals surface area contributed by atoms with Crippen molar-refractivity contribution in [3.63, 3.8) is 0 Å². The van der Waals surface area contributed by atoms with Crippen LogP contribution in [0.3, 0.4) is 0 Å². The number of aryl methyl sites for hydroxylation is 1. The van der Waals surface area contributed by atoms with Crippen LogP contribution in [0.15, 0.2) is 24.3 Å². The average molecular weight is 232 g/mol. The maximum atomic E-state index is 12.0. The Hall–Kier alpha value is -1.35. The molecule has 1 aliphatic carbocycles. The molecule has 0 spiro atoms. The van der Waals surface area contributed by atoms with Crippen LogP contribution in [0.2, 0.25) is 0 Å². The molecule has 2 unspecified atom stereocenters. The van der Waals surface area contributed by atoms with Crippen LogP contribution in [0.4, 0.5) is 0 Å². The third kappa shape index (κ3) is 2.86. The molecule has 17 heavy (non-hydrogen) atoms. The van der Waals surface area contributed by atoms with Gasteiger partial charge in [-0.1, -0.05) is 24.3 Å². The highest BCUT2D eigenvalue weighted by Crippen LogP contribution is 2.25. The molecule has 0 fully saturated rings. The van der Waals surface area contributed by atoms with E-state index in [0.717, 1.165) is 19.3 Å². The summed E-state index contributed by atoms with van der Waals surface area (Å²) in [6.45, 7) is 2.43. The number of benzene rings is 1. The summed E-state index contributed by atoms with van der Waals surface area (Å²) < 4.78 is 0. The minimum absolute atomic E-state index is 0.0691. The fraction of sp³-hybridized carbons (Fsp3) is 0.500. The zero-order valence-electron chi connectivity index (χ0n) is 10.3. The third-order valence-electron chi connectivity index (χ3n) is 3.46. The molecule has 0 saturated heterocycles. The van der Waals surface area contributed by atoms with Crippen LogP contribution in [0.5, 0.6) is 0 Å². The van der Waals surface area contributed by atoms with E-state index in [4.69, 9.17) is 5.73 Å². The van der Waals surface area contributed by atoms with Crippen LogP contribution in [-0.2, 0) is 17.6 Å². The van der Waals surface area contributed by atoms with Crippen molar-refractivity contribution in [1.29, 1.82) is 0 Å². The van der Waals surface area contributed by atoms with Gasteiger partial charge in [0.15, 0.2) is 0 Å². The highest BCUT2D eigenvalue weighted by molar-refractivity contribution is 5.79. The molecule has 1 aromatic carbocycles. The Morgan fingerprint density at radius 3 is 2.88 bits per heavy atom. The van der Waals surface area contributed by atoms with Crippen molar-refractivity contribution in [3.8, 4) is 0 Å². The monoisotopic (exact) mass is 232 g/mol. The van der Waals surface area contributed by atoms with Gasteiger partial charge < -0.3 is 11.1 Å². The van der Waals surface area contributed by atoms with E-state index in [9.17, 15) is 4.79 Å². The number of hydrogen-bond acceptors (Lipinski definition) is 2. The second kappa shape index (κ2) is 5.32. The number of rotatable bonds is 3. The SMILES string of the molecule is CC(CN)NC(=O)C1CCc2ccccc2C1. The molecule has 3 heteroatoms. The van der Waals surface area contributed by atoms with Crippen molar-refractivity contribution < 1.29 is 4.79 Å². The van der Waals surface area contributed by atoms with E-state index in [1.54, 1.807) is 0 Å². The lowest BCUT2D eigenvalue weighted by atomic mass is 9.83. The Morgan fingerprint density at radius 1 is 1.47 bits per heavy atom. The van der Waals surface area contributed by atoms with Crippen molar-refractivity contribution in [3.05, 3.63) is 35.4 Å². The lowest BCUT2D eigenvalue weighted by molar-refractivity contribution is -0.125. The molecule has 1 aliphatic rings. The van der Waals surface area contributed by atoms with E-state index < -0.39 is 0 Å². The molecule has 0 bridgehead atoms. The number of amides is 1. The first-order valence-corrected chi connectivity index (χ1v) is 6.28. The van der Waals surface area contributed by atoms with Crippen molar-refractivity contribution >= 4 is 5.91 Å². The molecule has 0 heterocycles. The maximum Gasteiger partial charge on any atom is 0.223 e. The smallest absolute Gasteiger partial charge is 0.223 e. The molecule has 2 rings (SSSR count). The predicted octanol–water partition coefficient (Wildman–Crippen LogP) is 1.25. The van der Waals surface area contributed by atoms with Gasteiger partial charge in [0.05, 0.1) is 0 Å². The fourth-order valence-electron chi connectivity index (χ4n) is 2.34. The van der Waals surface area contributed by atoms with E-state index >= 15 is 0 Å². The molecule has 1 aromatic rings. The second-order valence-electron chi connectivity index (χ2n) is 4.85. The molecule has 0 radical (unpaired) electrons. The molecule has 0 aromatic heterocycles. The lowest BCUT2D eigenvalue weighted by Crippen LogP contribution is -2.42. The average Bonchev–Trinajstić information content (AvgIpc) is 2.38.